The predicted molar refractivity (Wildman–Crippen MR) is 107 cm³/mol. The second kappa shape index (κ2) is 10.5. The highest BCUT2D eigenvalue weighted by Crippen LogP contribution is 2.19. The van der Waals surface area contributed by atoms with Gasteiger partial charge in [0, 0.05) is 31.0 Å². The van der Waals surface area contributed by atoms with Crippen LogP contribution < -0.4 is 15.4 Å². The molecule has 0 bridgehead atoms. The highest BCUT2D eigenvalue weighted by molar-refractivity contribution is 5.77. The van der Waals surface area contributed by atoms with E-state index in [0.717, 1.165) is 50.6 Å². The van der Waals surface area contributed by atoms with E-state index in [0.29, 0.717) is 12.3 Å². The molecule has 6 nitrogen and oxygen atoms in total. The van der Waals surface area contributed by atoms with Crippen molar-refractivity contribution in [2.45, 2.75) is 6.42 Å². The van der Waals surface area contributed by atoms with Crippen LogP contribution in [0.1, 0.15) is 6.42 Å². The van der Waals surface area contributed by atoms with Gasteiger partial charge in [0.15, 0.2) is 6.61 Å². The van der Waals surface area contributed by atoms with Crippen molar-refractivity contribution in [1.82, 2.24) is 10.2 Å². The summed E-state index contributed by atoms with van der Waals surface area (Å²) in [5, 5.41) is 6.21. The number of nitrogens with one attached hydrogen (secondary N) is 2. The van der Waals surface area contributed by atoms with Crippen LogP contribution in [0, 0.1) is 0 Å². The molecule has 1 amide bonds. The van der Waals surface area contributed by atoms with Crippen LogP contribution in [0.4, 0.5) is 11.4 Å². The summed E-state index contributed by atoms with van der Waals surface area (Å²) in [6.07, 6.45) is 0.936. The SMILES string of the molecule is O=C(COc1ccc(Nc2ccccc2)cc1)NCCCN1CCOCC1. The molecular weight excluding hydrogens is 342 g/mol. The molecule has 2 aromatic carbocycles. The number of hydrogen-bond donors (Lipinski definition) is 2. The lowest BCUT2D eigenvalue weighted by Gasteiger charge is -2.26. The average Bonchev–Trinajstić information content (AvgIpc) is 2.72. The fourth-order valence-corrected chi connectivity index (χ4v) is 2.88. The molecule has 1 aliphatic rings. The molecule has 144 valence electrons. The maximum absolute atomic E-state index is 11.9. The van der Waals surface area contributed by atoms with Gasteiger partial charge in [-0.15, -0.1) is 0 Å². The Bertz CT molecular complexity index is 686. The monoisotopic (exact) mass is 369 g/mol. The Kier molecular flexibility index (Phi) is 7.50. The summed E-state index contributed by atoms with van der Waals surface area (Å²) in [4.78, 5) is 14.3. The summed E-state index contributed by atoms with van der Waals surface area (Å²) in [6, 6.07) is 17.6. The van der Waals surface area contributed by atoms with Gasteiger partial charge in [-0.1, -0.05) is 18.2 Å². The van der Waals surface area contributed by atoms with Gasteiger partial charge < -0.3 is 20.1 Å². The van der Waals surface area contributed by atoms with E-state index in [4.69, 9.17) is 9.47 Å². The highest BCUT2D eigenvalue weighted by atomic mass is 16.5. The molecule has 0 unspecified atom stereocenters. The second-order valence-electron chi connectivity index (χ2n) is 6.46. The van der Waals surface area contributed by atoms with Crippen LogP contribution in [0.2, 0.25) is 0 Å². The number of carbonyl (C=O) groups excluding carboxylic acids is 1. The van der Waals surface area contributed by atoms with Gasteiger partial charge in [0.2, 0.25) is 0 Å². The third-order valence-electron chi connectivity index (χ3n) is 4.36. The highest BCUT2D eigenvalue weighted by Gasteiger charge is 2.09. The minimum absolute atomic E-state index is 0.0308. The van der Waals surface area contributed by atoms with Crippen LogP contribution in [0.3, 0.4) is 0 Å². The maximum Gasteiger partial charge on any atom is 0.257 e. The topological polar surface area (TPSA) is 62.8 Å². The number of carbonyl (C=O) groups is 1. The van der Waals surface area contributed by atoms with Crippen molar-refractivity contribution in [2.24, 2.45) is 0 Å². The van der Waals surface area contributed by atoms with E-state index in [2.05, 4.69) is 15.5 Å². The summed E-state index contributed by atoms with van der Waals surface area (Å²) >= 11 is 0. The number of amides is 1. The third-order valence-corrected chi connectivity index (χ3v) is 4.36. The van der Waals surface area contributed by atoms with Gasteiger partial charge in [-0.2, -0.15) is 0 Å². The molecular formula is C21H27N3O3. The zero-order valence-corrected chi connectivity index (χ0v) is 15.5. The summed E-state index contributed by atoms with van der Waals surface area (Å²) in [5.41, 5.74) is 2.00. The van der Waals surface area contributed by atoms with Crippen molar-refractivity contribution in [3.63, 3.8) is 0 Å². The zero-order chi connectivity index (χ0) is 18.7. The second-order valence-corrected chi connectivity index (χ2v) is 6.46. The van der Waals surface area contributed by atoms with Crippen LogP contribution in [0.25, 0.3) is 0 Å². The number of benzene rings is 2. The Morgan fingerprint density at radius 2 is 1.70 bits per heavy atom. The Labute approximate surface area is 160 Å². The van der Waals surface area contributed by atoms with Crippen LogP contribution in [0.15, 0.2) is 54.6 Å². The smallest absolute Gasteiger partial charge is 0.257 e. The van der Waals surface area contributed by atoms with E-state index in [1.54, 1.807) is 0 Å². The lowest BCUT2D eigenvalue weighted by atomic mass is 10.2. The van der Waals surface area contributed by atoms with Crippen LogP contribution >= 0.6 is 0 Å². The molecule has 1 aliphatic heterocycles. The third kappa shape index (κ3) is 6.92. The Morgan fingerprint density at radius 3 is 2.44 bits per heavy atom. The van der Waals surface area contributed by atoms with Gasteiger partial charge in [-0.05, 0) is 49.4 Å². The number of ether oxygens (including phenoxy) is 2. The number of anilines is 2. The molecule has 1 fully saturated rings. The fourth-order valence-electron chi connectivity index (χ4n) is 2.88. The first kappa shape index (κ1) is 19.2. The molecule has 0 saturated carbocycles. The summed E-state index contributed by atoms with van der Waals surface area (Å²) in [6.45, 7) is 5.25. The molecule has 0 aliphatic carbocycles. The van der Waals surface area contributed by atoms with Crippen LogP contribution in [-0.2, 0) is 9.53 Å². The Morgan fingerprint density at radius 1 is 1.00 bits per heavy atom. The van der Waals surface area contributed by atoms with Crippen molar-refractivity contribution in [3.05, 3.63) is 54.6 Å². The first-order valence-corrected chi connectivity index (χ1v) is 9.41. The number of hydrogen-bond acceptors (Lipinski definition) is 5. The molecule has 0 spiro atoms. The van der Waals surface area contributed by atoms with E-state index in [1.807, 2.05) is 54.6 Å². The lowest BCUT2D eigenvalue weighted by molar-refractivity contribution is -0.123. The summed E-state index contributed by atoms with van der Waals surface area (Å²) in [7, 11) is 0. The van der Waals surface area contributed by atoms with Gasteiger partial charge in [-0.3, -0.25) is 9.69 Å². The Hall–Kier alpha value is -2.57. The number of morpholine rings is 1. The molecule has 1 heterocycles. The van der Waals surface area contributed by atoms with Crippen molar-refractivity contribution in [1.29, 1.82) is 0 Å². The standard InChI is InChI=1S/C21H27N3O3/c25-21(22-11-4-12-24-13-15-26-16-14-24)17-27-20-9-7-19(8-10-20)23-18-5-2-1-3-6-18/h1-3,5-10,23H,4,11-17H2,(H,22,25). The number of para-hydroxylation sites is 1. The van der Waals surface area contributed by atoms with E-state index in [9.17, 15) is 4.79 Å². The summed E-state index contributed by atoms with van der Waals surface area (Å²) < 4.78 is 10.9. The van der Waals surface area contributed by atoms with Crippen molar-refractivity contribution in [2.75, 3.05) is 51.3 Å². The number of rotatable bonds is 9. The molecule has 0 atom stereocenters. The normalized spacial score (nSPS) is 14.5. The molecule has 0 radical (unpaired) electrons. The van der Waals surface area contributed by atoms with Gasteiger partial charge in [-0.25, -0.2) is 0 Å². The quantitative estimate of drug-likeness (QED) is 0.666. The fraction of sp³-hybridized carbons (Fsp3) is 0.381. The van der Waals surface area contributed by atoms with E-state index in [1.165, 1.54) is 0 Å². The van der Waals surface area contributed by atoms with E-state index in [-0.39, 0.29) is 12.5 Å². The lowest BCUT2D eigenvalue weighted by Crippen LogP contribution is -2.38. The minimum atomic E-state index is -0.0940. The molecule has 27 heavy (non-hydrogen) atoms. The summed E-state index contributed by atoms with van der Waals surface area (Å²) in [5.74, 6) is 0.584. The maximum atomic E-state index is 11.9. The van der Waals surface area contributed by atoms with Gasteiger partial charge in [0.1, 0.15) is 5.75 Å². The van der Waals surface area contributed by atoms with Gasteiger partial charge >= 0.3 is 0 Å². The van der Waals surface area contributed by atoms with Crippen molar-refractivity contribution in [3.8, 4) is 5.75 Å². The van der Waals surface area contributed by atoms with Crippen LogP contribution in [0.5, 0.6) is 5.75 Å². The van der Waals surface area contributed by atoms with E-state index < -0.39 is 0 Å². The average molecular weight is 369 g/mol. The molecule has 0 aromatic heterocycles. The molecule has 3 rings (SSSR count). The predicted octanol–water partition coefficient (Wildman–Crippen LogP) is 2.65. The van der Waals surface area contributed by atoms with Crippen LogP contribution in [-0.4, -0.2) is 56.8 Å². The van der Waals surface area contributed by atoms with E-state index >= 15 is 0 Å². The van der Waals surface area contributed by atoms with Crippen molar-refractivity contribution >= 4 is 17.3 Å². The largest absolute Gasteiger partial charge is 0.484 e. The first-order chi connectivity index (χ1) is 13.3. The molecule has 1 saturated heterocycles. The minimum Gasteiger partial charge on any atom is -0.484 e. The number of nitrogens with zero attached hydrogens (tertiary/aromatic N) is 1. The zero-order valence-electron chi connectivity index (χ0n) is 15.5. The van der Waals surface area contributed by atoms with Crippen molar-refractivity contribution < 1.29 is 14.3 Å². The molecule has 6 heteroatoms. The molecule has 2 N–H and O–H groups in total. The first-order valence-electron chi connectivity index (χ1n) is 9.41. The Balaban J connectivity index is 1.31. The van der Waals surface area contributed by atoms with Gasteiger partial charge in [0.05, 0.1) is 13.2 Å². The van der Waals surface area contributed by atoms with Gasteiger partial charge in [0.25, 0.3) is 5.91 Å². The molecule has 2 aromatic rings.